The van der Waals surface area contributed by atoms with Crippen LogP contribution in [0.3, 0.4) is 0 Å². The Labute approximate surface area is 274 Å². The van der Waals surface area contributed by atoms with E-state index >= 15 is 0 Å². The fraction of sp³-hybridized carbons (Fsp3) is 0.212. The van der Waals surface area contributed by atoms with Gasteiger partial charge in [-0.2, -0.15) is 13.2 Å². The summed E-state index contributed by atoms with van der Waals surface area (Å²) in [4.78, 5) is 35.6. The summed E-state index contributed by atoms with van der Waals surface area (Å²) in [6.07, 6.45) is -1.48. The molecule has 0 bridgehead atoms. The summed E-state index contributed by atoms with van der Waals surface area (Å²) in [6.45, 7) is 6.12. The number of hydrogen-bond donors (Lipinski definition) is 6. The zero-order valence-corrected chi connectivity index (χ0v) is 26.2. The van der Waals surface area contributed by atoms with Gasteiger partial charge in [-0.05, 0) is 87.0 Å². The molecule has 15 heteroatoms. The molecule has 0 aliphatic rings. The monoisotopic (exact) mass is 668 g/mol. The van der Waals surface area contributed by atoms with Crippen LogP contribution in [0.15, 0.2) is 91.3 Å². The van der Waals surface area contributed by atoms with Crippen molar-refractivity contribution in [3.8, 4) is 17.2 Å². The standard InChI is InChI=1S/C31H34N6O4.C2HF3O2/c1-4-40-27-19-22(13-16-26(27)41-20(2)3)28(34-23-14-11-21(12-15-23)29(32)33)31(39)36-35-30(38)24-9-5-6-10-25(24)37-17-7-8-18-37;3-2(4,5)1(6)7/h5-20,28,34H,4H2,1-3H3,(H3,32,33)(H,35,38)(H,36,39);(H,6,7). The highest BCUT2D eigenvalue weighted by atomic mass is 19.4. The van der Waals surface area contributed by atoms with Crippen molar-refractivity contribution in [1.82, 2.24) is 15.4 Å². The Hall–Kier alpha value is -5.99. The zero-order chi connectivity index (χ0) is 35.4. The van der Waals surface area contributed by atoms with E-state index in [9.17, 15) is 22.8 Å². The first-order valence-electron chi connectivity index (χ1n) is 14.5. The van der Waals surface area contributed by atoms with Crippen LogP contribution in [0, 0.1) is 5.41 Å². The first-order valence-corrected chi connectivity index (χ1v) is 14.5. The molecule has 48 heavy (non-hydrogen) atoms. The van der Waals surface area contributed by atoms with Gasteiger partial charge in [0, 0.05) is 23.6 Å². The number of nitrogen functional groups attached to an aromatic ring is 1. The number of carboxylic acid groups (broad SMARTS) is 1. The van der Waals surface area contributed by atoms with Gasteiger partial charge in [-0.1, -0.05) is 18.2 Å². The Bertz CT molecular complexity index is 1710. The van der Waals surface area contributed by atoms with Crippen LogP contribution in [0.25, 0.3) is 5.69 Å². The van der Waals surface area contributed by atoms with Gasteiger partial charge in [-0.15, -0.1) is 0 Å². The van der Waals surface area contributed by atoms with E-state index in [-0.39, 0.29) is 11.9 Å². The number of hydrazine groups is 1. The molecule has 1 atom stereocenters. The number of anilines is 1. The van der Waals surface area contributed by atoms with Crippen LogP contribution >= 0.6 is 0 Å². The lowest BCUT2D eigenvalue weighted by molar-refractivity contribution is -0.192. The number of carbonyl (C=O) groups is 3. The number of halogens is 3. The fourth-order valence-corrected chi connectivity index (χ4v) is 4.18. The number of aromatic nitrogens is 1. The Morgan fingerprint density at radius 1 is 0.938 bits per heavy atom. The third-order valence-electron chi connectivity index (χ3n) is 6.31. The molecule has 0 fully saturated rings. The van der Waals surface area contributed by atoms with Gasteiger partial charge in [-0.25, -0.2) is 4.79 Å². The highest BCUT2D eigenvalue weighted by Gasteiger charge is 2.38. The molecule has 4 rings (SSSR count). The van der Waals surface area contributed by atoms with E-state index in [0.717, 1.165) is 0 Å². The first kappa shape index (κ1) is 36.5. The number of amides is 2. The quantitative estimate of drug-likeness (QED) is 0.0717. The lowest BCUT2D eigenvalue weighted by Crippen LogP contribution is -2.45. The molecule has 3 aromatic carbocycles. The summed E-state index contributed by atoms with van der Waals surface area (Å²) in [5.74, 6) is -2.74. The number of rotatable bonds is 11. The van der Waals surface area contributed by atoms with Gasteiger partial charge in [0.05, 0.1) is 24.0 Å². The molecule has 0 spiro atoms. The highest BCUT2D eigenvalue weighted by molar-refractivity contribution is 5.99. The number of nitrogens with one attached hydrogen (secondary N) is 4. The Balaban J connectivity index is 0.000000804. The summed E-state index contributed by atoms with van der Waals surface area (Å²) < 4.78 is 45.2. The number of nitrogens with two attached hydrogens (primary N) is 1. The van der Waals surface area contributed by atoms with Crippen LogP contribution in [-0.4, -0.2) is 52.2 Å². The lowest BCUT2D eigenvalue weighted by atomic mass is 10.0. The number of nitrogens with zero attached hydrogens (tertiary/aromatic N) is 1. The highest BCUT2D eigenvalue weighted by Crippen LogP contribution is 2.33. The number of hydrogen-bond acceptors (Lipinski definition) is 7. The number of carbonyl (C=O) groups excluding carboxylic acids is 2. The van der Waals surface area contributed by atoms with Gasteiger partial charge < -0.3 is 30.2 Å². The van der Waals surface area contributed by atoms with Crippen molar-refractivity contribution in [3.63, 3.8) is 0 Å². The van der Waals surface area contributed by atoms with Crippen molar-refractivity contribution < 1.29 is 42.1 Å². The molecule has 0 saturated heterocycles. The van der Waals surface area contributed by atoms with Gasteiger partial charge >= 0.3 is 12.1 Å². The second kappa shape index (κ2) is 16.5. The summed E-state index contributed by atoms with van der Waals surface area (Å²) in [7, 11) is 0. The van der Waals surface area contributed by atoms with Crippen LogP contribution in [-0.2, 0) is 9.59 Å². The normalized spacial score (nSPS) is 11.4. The molecule has 0 aliphatic heterocycles. The van der Waals surface area contributed by atoms with Gasteiger partial charge in [0.1, 0.15) is 11.9 Å². The maximum atomic E-state index is 13.6. The number of benzene rings is 3. The number of amidine groups is 1. The van der Waals surface area contributed by atoms with Crippen molar-refractivity contribution in [2.45, 2.75) is 39.1 Å². The molecular weight excluding hydrogens is 633 g/mol. The minimum Gasteiger partial charge on any atom is -0.490 e. The van der Waals surface area contributed by atoms with Crippen molar-refractivity contribution in [3.05, 3.63) is 108 Å². The van der Waals surface area contributed by atoms with Crippen LogP contribution in [0.5, 0.6) is 11.5 Å². The average molecular weight is 669 g/mol. The van der Waals surface area contributed by atoms with E-state index in [0.29, 0.717) is 46.2 Å². The second-order valence-electron chi connectivity index (χ2n) is 10.2. The van der Waals surface area contributed by atoms with Crippen LogP contribution in [0.2, 0.25) is 0 Å². The molecule has 0 aliphatic carbocycles. The van der Waals surface area contributed by atoms with Crippen molar-refractivity contribution in [2.24, 2.45) is 5.73 Å². The van der Waals surface area contributed by atoms with Gasteiger partial charge in [-0.3, -0.25) is 25.8 Å². The van der Waals surface area contributed by atoms with Crippen molar-refractivity contribution >= 4 is 29.3 Å². The third kappa shape index (κ3) is 10.3. The Morgan fingerprint density at radius 2 is 1.56 bits per heavy atom. The zero-order valence-electron chi connectivity index (χ0n) is 26.2. The molecule has 1 unspecified atom stereocenters. The van der Waals surface area contributed by atoms with E-state index in [2.05, 4.69) is 16.2 Å². The number of ether oxygens (including phenoxy) is 2. The van der Waals surface area contributed by atoms with Gasteiger partial charge in [0.15, 0.2) is 11.5 Å². The molecule has 0 saturated carbocycles. The molecular formula is C33H35F3N6O6. The van der Waals surface area contributed by atoms with Crippen molar-refractivity contribution in [2.75, 3.05) is 11.9 Å². The van der Waals surface area contributed by atoms with Gasteiger partial charge in [0.2, 0.25) is 0 Å². The summed E-state index contributed by atoms with van der Waals surface area (Å²) in [6, 6.07) is 22.0. The fourth-order valence-electron chi connectivity index (χ4n) is 4.18. The summed E-state index contributed by atoms with van der Waals surface area (Å²) >= 11 is 0. The summed E-state index contributed by atoms with van der Waals surface area (Å²) in [5, 5.41) is 18.0. The molecule has 0 radical (unpaired) electrons. The van der Waals surface area contributed by atoms with Gasteiger partial charge in [0.25, 0.3) is 11.8 Å². The molecule has 1 aromatic heterocycles. The van der Waals surface area contributed by atoms with E-state index < -0.39 is 30.0 Å². The number of aliphatic carboxylic acids is 1. The minimum absolute atomic E-state index is 0.0594. The molecule has 2 amide bonds. The van der Waals surface area contributed by atoms with Crippen LogP contribution in [0.1, 0.15) is 48.3 Å². The second-order valence-corrected chi connectivity index (χ2v) is 10.2. The van der Waals surface area contributed by atoms with Crippen LogP contribution in [0.4, 0.5) is 18.9 Å². The predicted molar refractivity (Wildman–Crippen MR) is 172 cm³/mol. The average Bonchev–Trinajstić information content (AvgIpc) is 3.58. The van der Waals surface area contributed by atoms with Crippen LogP contribution < -0.4 is 31.4 Å². The molecule has 7 N–H and O–H groups in total. The van der Waals surface area contributed by atoms with E-state index in [1.54, 1.807) is 54.6 Å². The third-order valence-corrected chi connectivity index (χ3v) is 6.31. The predicted octanol–water partition coefficient (Wildman–Crippen LogP) is 5.19. The smallest absolute Gasteiger partial charge is 0.490 e. The Kier molecular flexibility index (Phi) is 12.6. The molecule has 254 valence electrons. The largest absolute Gasteiger partial charge is 0.490 e. The maximum Gasteiger partial charge on any atom is 0.490 e. The van der Waals surface area contributed by atoms with E-state index in [1.165, 1.54) is 0 Å². The SMILES string of the molecule is CCOc1cc(C(Nc2ccc(C(=N)N)cc2)C(=O)NNC(=O)c2ccccc2-n2cccc2)ccc1OC(C)C.O=C(O)C(F)(F)F. The number of para-hydroxylation sites is 1. The molecule has 12 nitrogen and oxygen atoms in total. The lowest BCUT2D eigenvalue weighted by Gasteiger charge is -2.22. The Morgan fingerprint density at radius 3 is 2.12 bits per heavy atom. The topological polar surface area (TPSA) is 181 Å². The van der Waals surface area contributed by atoms with E-state index in [1.807, 2.05) is 62.0 Å². The van der Waals surface area contributed by atoms with Crippen molar-refractivity contribution in [1.29, 1.82) is 5.41 Å². The molecule has 4 aromatic rings. The first-order chi connectivity index (χ1) is 22.7. The minimum atomic E-state index is -5.08. The number of alkyl halides is 3. The number of carboxylic acids is 1. The van der Waals surface area contributed by atoms with E-state index in [4.69, 9.17) is 30.5 Å². The maximum absolute atomic E-state index is 13.6. The molecule has 1 heterocycles. The summed E-state index contributed by atoms with van der Waals surface area (Å²) in [5.41, 5.74) is 13.5.